The third-order valence-electron chi connectivity index (χ3n) is 4.91. The maximum atomic E-state index is 12.5. The van der Waals surface area contributed by atoms with Gasteiger partial charge in [0.25, 0.3) is 0 Å². The van der Waals surface area contributed by atoms with Crippen LogP contribution >= 0.6 is 11.3 Å². The van der Waals surface area contributed by atoms with Crippen LogP contribution in [0.25, 0.3) is 0 Å². The van der Waals surface area contributed by atoms with Crippen molar-refractivity contribution in [1.82, 2.24) is 15.1 Å². The highest BCUT2D eigenvalue weighted by atomic mass is 32.1. The summed E-state index contributed by atoms with van der Waals surface area (Å²) in [5.74, 6) is 1.33. The molecule has 0 bridgehead atoms. The minimum absolute atomic E-state index is 0.0940. The number of allylic oxidation sites excluding steroid dienone is 2. The zero-order valence-electron chi connectivity index (χ0n) is 13.4. The predicted molar refractivity (Wildman–Crippen MR) is 91.1 cm³/mol. The van der Waals surface area contributed by atoms with Gasteiger partial charge in [0.15, 0.2) is 0 Å². The first-order valence-electron chi connectivity index (χ1n) is 8.01. The maximum absolute atomic E-state index is 12.5. The molecule has 1 aromatic heterocycles. The lowest BCUT2D eigenvalue weighted by Gasteiger charge is -2.25. The van der Waals surface area contributed by atoms with E-state index in [1.807, 2.05) is 4.90 Å². The van der Waals surface area contributed by atoms with Gasteiger partial charge in [-0.3, -0.25) is 0 Å². The molecule has 1 fully saturated rings. The van der Waals surface area contributed by atoms with Gasteiger partial charge in [-0.1, -0.05) is 12.2 Å². The van der Waals surface area contributed by atoms with Gasteiger partial charge in [0.1, 0.15) is 0 Å². The van der Waals surface area contributed by atoms with Crippen molar-refractivity contribution in [1.29, 1.82) is 0 Å². The van der Waals surface area contributed by atoms with Crippen molar-refractivity contribution >= 4 is 17.4 Å². The number of likely N-dealkylation sites (tertiary alicyclic amines) is 1. The summed E-state index contributed by atoms with van der Waals surface area (Å²) in [7, 11) is 4.12. The molecule has 1 aromatic rings. The van der Waals surface area contributed by atoms with Crippen molar-refractivity contribution in [2.24, 2.45) is 11.8 Å². The average Bonchev–Trinajstić information content (AvgIpc) is 3.16. The topological polar surface area (TPSA) is 35.6 Å². The molecule has 0 saturated carbocycles. The summed E-state index contributed by atoms with van der Waals surface area (Å²) in [6.07, 6.45) is 6.79. The number of nitrogens with zero attached hydrogens (tertiary/aromatic N) is 2. The average molecular weight is 319 g/mol. The minimum atomic E-state index is 0.0940. The summed E-state index contributed by atoms with van der Waals surface area (Å²) < 4.78 is 0. The van der Waals surface area contributed by atoms with Gasteiger partial charge in [0, 0.05) is 19.6 Å². The van der Waals surface area contributed by atoms with Gasteiger partial charge in [0.05, 0.1) is 6.04 Å². The third-order valence-corrected chi connectivity index (χ3v) is 5.61. The number of urea groups is 1. The molecule has 1 aliphatic carbocycles. The van der Waals surface area contributed by atoms with Crippen molar-refractivity contribution in [3.05, 3.63) is 34.5 Å². The molecular weight excluding hydrogens is 294 g/mol. The Morgan fingerprint density at radius 1 is 1.36 bits per heavy atom. The molecular formula is C17H25N3OS. The summed E-state index contributed by atoms with van der Waals surface area (Å²) in [6, 6.07) is 2.47. The van der Waals surface area contributed by atoms with E-state index in [9.17, 15) is 4.79 Å². The van der Waals surface area contributed by atoms with Crippen molar-refractivity contribution in [2.45, 2.75) is 18.9 Å². The molecule has 3 unspecified atom stereocenters. The lowest BCUT2D eigenvalue weighted by Crippen LogP contribution is -2.42. The van der Waals surface area contributed by atoms with E-state index < -0.39 is 0 Å². The number of thiophene rings is 1. The quantitative estimate of drug-likeness (QED) is 0.866. The Morgan fingerprint density at radius 2 is 2.05 bits per heavy atom. The highest BCUT2D eigenvalue weighted by Crippen LogP contribution is 2.32. The van der Waals surface area contributed by atoms with Gasteiger partial charge < -0.3 is 15.1 Å². The van der Waals surface area contributed by atoms with E-state index in [0.717, 1.165) is 25.9 Å². The number of carbonyl (C=O) groups excluding carboxylic acids is 1. The van der Waals surface area contributed by atoms with Crippen LogP contribution in [0.3, 0.4) is 0 Å². The molecule has 2 amide bonds. The second kappa shape index (κ2) is 6.84. The van der Waals surface area contributed by atoms with E-state index in [4.69, 9.17) is 0 Å². The molecule has 1 aliphatic heterocycles. The monoisotopic (exact) mass is 319 g/mol. The van der Waals surface area contributed by atoms with Crippen molar-refractivity contribution < 1.29 is 4.79 Å². The summed E-state index contributed by atoms with van der Waals surface area (Å²) in [5.41, 5.74) is 1.27. The van der Waals surface area contributed by atoms with Gasteiger partial charge in [-0.15, -0.1) is 0 Å². The van der Waals surface area contributed by atoms with Gasteiger partial charge in [0.2, 0.25) is 0 Å². The Bertz CT molecular complexity index is 510. The highest BCUT2D eigenvalue weighted by molar-refractivity contribution is 7.07. The molecule has 5 heteroatoms. The molecule has 3 rings (SSSR count). The normalized spacial score (nSPS) is 25.3. The number of hydrogen-bond acceptors (Lipinski definition) is 3. The maximum Gasteiger partial charge on any atom is 0.317 e. The molecule has 2 heterocycles. The van der Waals surface area contributed by atoms with Crippen LogP contribution in [0.5, 0.6) is 0 Å². The van der Waals surface area contributed by atoms with Crippen LogP contribution in [-0.2, 0) is 0 Å². The number of carbonyl (C=O) groups is 1. The largest absolute Gasteiger partial charge is 0.336 e. The molecule has 0 aromatic carbocycles. The smallest absolute Gasteiger partial charge is 0.317 e. The number of likely N-dealkylation sites (N-methyl/N-ethyl adjacent to an activating group) is 1. The summed E-state index contributed by atoms with van der Waals surface area (Å²) in [4.78, 5) is 16.6. The molecule has 22 heavy (non-hydrogen) atoms. The molecule has 120 valence electrons. The fourth-order valence-electron chi connectivity index (χ4n) is 3.54. The van der Waals surface area contributed by atoms with Crippen molar-refractivity contribution in [3.63, 3.8) is 0 Å². The molecule has 4 nitrogen and oxygen atoms in total. The SMILES string of the molecule is CN(C)C(CNC(=O)N1CC2CC=CCC2C1)c1ccsc1. The van der Waals surface area contributed by atoms with Gasteiger partial charge >= 0.3 is 6.03 Å². The number of amides is 2. The third kappa shape index (κ3) is 3.36. The predicted octanol–water partition coefficient (Wildman–Crippen LogP) is 2.96. The van der Waals surface area contributed by atoms with Crippen LogP contribution in [0.4, 0.5) is 4.79 Å². The van der Waals surface area contributed by atoms with Crippen LogP contribution in [0, 0.1) is 11.8 Å². The zero-order chi connectivity index (χ0) is 15.5. The van der Waals surface area contributed by atoms with E-state index in [0.29, 0.717) is 18.4 Å². The minimum Gasteiger partial charge on any atom is -0.336 e. The van der Waals surface area contributed by atoms with E-state index >= 15 is 0 Å². The van der Waals surface area contributed by atoms with Crippen LogP contribution in [0.15, 0.2) is 29.0 Å². The number of hydrogen-bond donors (Lipinski definition) is 1. The summed E-state index contributed by atoms with van der Waals surface area (Å²) >= 11 is 1.70. The van der Waals surface area contributed by atoms with Crippen molar-refractivity contribution in [2.75, 3.05) is 33.7 Å². The Morgan fingerprint density at radius 3 is 2.59 bits per heavy atom. The first-order chi connectivity index (χ1) is 10.6. The number of nitrogens with one attached hydrogen (secondary N) is 1. The number of rotatable bonds is 4. The number of fused-ring (bicyclic) bond motifs is 1. The van der Waals surface area contributed by atoms with E-state index in [-0.39, 0.29) is 12.1 Å². The van der Waals surface area contributed by atoms with Gasteiger partial charge in [-0.05, 0) is 61.2 Å². The molecule has 2 aliphatic rings. The molecule has 1 N–H and O–H groups in total. The fourth-order valence-corrected chi connectivity index (χ4v) is 4.25. The first kappa shape index (κ1) is 15.6. The van der Waals surface area contributed by atoms with Crippen molar-refractivity contribution in [3.8, 4) is 0 Å². The van der Waals surface area contributed by atoms with Crippen LogP contribution in [0.2, 0.25) is 0 Å². The Hall–Kier alpha value is -1.33. The van der Waals surface area contributed by atoms with Gasteiger partial charge in [-0.2, -0.15) is 11.3 Å². The van der Waals surface area contributed by atoms with E-state index in [1.165, 1.54) is 5.56 Å². The van der Waals surface area contributed by atoms with Crippen LogP contribution in [-0.4, -0.2) is 49.6 Å². The fraction of sp³-hybridized carbons (Fsp3) is 0.588. The lowest BCUT2D eigenvalue weighted by molar-refractivity contribution is 0.200. The molecule has 1 saturated heterocycles. The Balaban J connectivity index is 1.54. The highest BCUT2D eigenvalue weighted by Gasteiger charge is 2.35. The second-order valence-corrected chi connectivity index (χ2v) is 7.37. The Labute approximate surface area is 136 Å². The molecule has 0 radical (unpaired) electrons. The second-order valence-electron chi connectivity index (χ2n) is 6.59. The first-order valence-corrected chi connectivity index (χ1v) is 8.95. The summed E-state index contributed by atoms with van der Waals surface area (Å²) in [6.45, 7) is 2.48. The van der Waals surface area contributed by atoms with Gasteiger partial charge in [-0.25, -0.2) is 4.79 Å². The standard InChI is InChI=1S/C17H25N3OS/c1-19(2)16(15-7-8-22-12-15)9-18-17(21)20-10-13-5-3-4-6-14(13)11-20/h3-4,7-8,12-14,16H,5-6,9-11H2,1-2H3,(H,18,21). The van der Waals surface area contributed by atoms with E-state index in [1.54, 1.807) is 11.3 Å². The van der Waals surface area contributed by atoms with Crippen LogP contribution < -0.4 is 5.32 Å². The summed E-state index contributed by atoms with van der Waals surface area (Å²) in [5, 5.41) is 7.38. The lowest BCUT2D eigenvalue weighted by atomic mass is 9.86. The molecule has 0 spiro atoms. The zero-order valence-corrected chi connectivity index (χ0v) is 14.2. The van der Waals surface area contributed by atoms with E-state index in [2.05, 4.69) is 53.3 Å². The molecule has 3 atom stereocenters. The Kier molecular flexibility index (Phi) is 4.84. The van der Waals surface area contributed by atoms with Crippen LogP contribution in [0.1, 0.15) is 24.4 Å².